The van der Waals surface area contributed by atoms with Gasteiger partial charge >= 0.3 is 0 Å². The lowest BCUT2D eigenvalue weighted by atomic mass is 10.1. The van der Waals surface area contributed by atoms with Crippen LogP contribution in [0.1, 0.15) is 16.8 Å². The molecule has 140 valence electrons. The summed E-state index contributed by atoms with van der Waals surface area (Å²) in [5.41, 5.74) is 3.26. The molecule has 2 aromatic carbocycles. The second-order valence-corrected chi connectivity index (χ2v) is 7.21. The highest BCUT2D eigenvalue weighted by Gasteiger charge is 2.22. The van der Waals surface area contributed by atoms with Crippen LogP contribution < -0.4 is 10.3 Å². The van der Waals surface area contributed by atoms with E-state index in [4.69, 9.17) is 16.3 Å². The van der Waals surface area contributed by atoms with Gasteiger partial charge < -0.3 is 4.74 Å². The first-order valence-electron chi connectivity index (χ1n) is 9.14. The lowest BCUT2D eigenvalue weighted by molar-refractivity contribution is 0.244. The summed E-state index contributed by atoms with van der Waals surface area (Å²) < 4.78 is 7.36. The first-order valence-corrected chi connectivity index (χ1v) is 9.52. The number of hydrogen-bond acceptors (Lipinski definition) is 3. The van der Waals surface area contributed by atoms with Crippen molar-refractivity contribution in [3.05, 3.63) is 86.8 Å². The van der Waals surface area contributed by atoms with E-state index in [1.807, 2.05) is 18.2 Å². The number of nitrogens with one attached hydrogen (secondary N) is 1. The molecule has 0 bridgehead atoms. The van der Waals surface area contributed by atoms with E-state index in [2.05, 4.69) is 34.3 Å². The molecular weight excluding hydrogens is 362 g/mol. The fourth-order valence-corrected chi connectivity index (χ4v) is 3.56. The summed E-state index contributed by atoms with van der Waals surface area (Å²) in [5, 5.41) is 3.93. The van der Waals surface area contributed by atoms with E-state index < -0.39 is 0 Å². The van der Waals surface area contributed by atoms with Crippen molar-refractivity contribution >= 4 is 11.6 Å². The summed E-state index contributed by atoms with van der Waals surface area (Å²) in [5.74, 6) is 0.748. The molecule has 1 aliphatic rings. The predicted octanol–water partition coefficient (Wildman–Crippen LogP) is 3.47. The number of rotatable bonds is 6. The van der Waals surface area contributed by atoms with E-state index in [0.717, 1.165) is 36.5 Å². The Labute approximate surface area is 163 Å². The number of aromatic amines is 1. The van der Waals surface area contributed by atoms with Crippen LogP contribution in [0.15, 0.2) is 59.4 Å². The normalized spacial score (nSPS) is 14.1. The average Bonchev–Trinajstić information content (AvgIpc) is 3.00. The highest BCUT2D eigenvalue weighted by atomic mass is 35.5. The van der Waals surface area contributed by atoms with E-state index in [1.54, 1.807) is 16.8 Å². The standard InChI is InChI=1S/C21H22ClN3O2/c22-17-6-8-18(9-7-17)27-13-12-25-21(26)19-15-24(11-10-20(19)23-25)14-16-4-2-1-3-5-16/h1-9,23H,10-15H2. The van der Waals surface area contributed by atoms with E-state index in [-0.39, 0.29) is 5.56 Å². The molecule has 27 heavy (non-hydrogen) atoms. The molecule has 2 heterocycles. The molecule has 0 saturated heterocycles. The third kappa shape index (κ3) is 4.26. The van der Waals surface area contributed by atoms with Gasteiger partial charge in [-0.25, -0.2) is 4.68 Å². The summed E-state index contributed by atoms with van der Waals surface area (Å²) in [6, 6.07) is 17.6. The minimum Gasteiger partial charge on any atom is -0.492 e. The zero-order valence-corrected chi connectivity index (χ0v) is 15.8. The summed E-state index contributed by atoms with van der Waals surface area (Å²) in [6.45, 7) is 3.42. The van der Waals surface area contributed by atoms with Crippen LogP contribution in [0.5, 0.6) is 5.75 Å². The number of fused-ring (bicyclic) bond motifs is 1. The Morgan fingerprint density at radius 1 is 1.07 bits per heavy atom. The van der Waals surface area contributed by atoms with Gasteiger partial charge in [0.1, 0.15) is 12.4 Å². The van der Waals surface area contributed by atoms with Gasteiger partial charge in [-0.3, -0.25) is 14.8 Å². The maximum absolute atomic E-state index is 12.7. The quantitative estimate of drug-likeness (QED) is 0.709. The molecule has 0 amide bonds. The van der Waals surface area contributed by atoms with Crippen molar-refractivity contribution in [2.24, 2.45) is 0 Å². The monoisotopic (exact) mass is 383 g/mol. The zero-order chi connectivity index (χ0) is 18.6. The van der Waals surface area contributed by atoms with Crippen LogP contribution in [0.25, 0.3) is 0 Å². The topological polar surface area (TPSA) is 50.3 Å². The average molecular weight is 384 g/mol. The van der Waals surface area contributed by atoms with Crippen molar-refractivity contribution in [2.75, 3.05) is 13.2 Å². The van der Waals surface area contributed by atoms with E-state index in [1.165, 1.54) is 5.56 Å². The molecule has 0 unspecified atom stereocenters. The molecule has 0 fully saturated rings. The molecule has 1 aliphatic heterocycles. The van der Waals surface area contributed by atoms with Crippen molar-refractivity contribution in [2.45, 2.75) is 26.1 Å². The fraction of sp³-hybridized carbons (Fsp3) is 0.286. The van der Waals surface area contributed by atoms with Crippen LogP contribution in [-0.4, -0.2) is 27.8 Å². The molecular formula is C21H22ClN3O2. The Balaban J connectivity index is 1.38. The van der Waals surface area contributed by atoms with Crippen LogP contribution >= 0.6 is 11.6 Å². The van der Waals surface area contributed by atoms with E-state index >= 15 is 0 Å². The Morgan fingerprint density at radius 2 is 1.85 bits per heavy atom. The Hall–Kier alpha value is -2.50. The predicted molar refractivity (Wildman–Crippen MR) is 106 cm³/mol. The summed E-state index contributed by atoms with van der Waals surface area (Å²) in [4.78, 5) is 15.1. The van der Waals surface area contributed by atoms with Gasteiger partial charge in [-0.2, -0.15) is 0 Å². The van der Waals surface area contributed by atoms with Gasteiger partial charge in [0.25, 0.3) is 5.56 Å². The molecule has 0 radical (unpaired) electrons. The molecule has 3 aromatic rings. The smallest absolute Gasteiger partial charge is 0.271 e. The summed E-state index contributed by atoms with van der Waals surface area (Å²) >= 11 is 5.87. The number of benzene rings is 2. The van der Waals surface area contributed by atoms with Gasteiger partial charge in [0.15, 0.2) is 0 Å². The molecule has 1 N–H and O–H groups in total. The van der Waals surface area contributed by atoms with E-state index in [0.29, 0.717) is 24.7 Å². The van der Waals surface area contributed by atoms with Gasteiger partial charge in [0.05, 0.1) is 12.1 Å². The first kappa shape index (κ1) is 17.9. The van der Waals surface area contributed by atoms with Crippen molar-refractivity contribution in [1.29, 1.82) is 0 Å². The molecule has 6 heteroatoms. The second-order valence-electron chi connectivity index (χ2n) is 6.77. The number of H-pyrrole nitrogens is 1. The third-order valence-corrected chi connectivity index (χ3v) is 5.10. The number of ether oxygens (including phenoxy) is 1. The van der Waals surface area contributed by atoms with Crippen LogP contribution in [0, 0.1) is 0 Å². The second kappa shape index (κ2) is 8.03. The zero-order valence-electron chi connectivity index (χ0n) is 15.0. The molecule has 5 nitrogen and oxygen atoms in total. The number of halogens is 1. The van der Waals surface area contributed by atoms with Gasteiger partial charge in [0.2, 0.25) is 0 Å². The fourth-order valence-electron chi connectivity index (χ4n) is 3.44. The van der Waals surface area contributed by atoms with Gasteiger partial charge in [-0.05, 0) is 29.8 Å². The molecule has 0 aliphatic carbocycles. The third-order valence-electron chi connectivity index (χ3n) is 4.84. The minimum absolute atomic E-state index is 0.0578. The van der Waals surface area contributed by atoms with Crippen molar-refractivity contribution in [3.8, 4) is 5.75 Å². The van der Waals surface area contributed by atoms with Crippen molar-refractivity contribution in [3.63, 3.8) is 0 Å². The lowest BCUT2D eigenvalue weighted by Gasteiger charge is -2.25. The molecule has 0 atom stereocenters. The SMILES string of the molecule is O=c1c2c([nH]n1CCOc1ccc(Cl)cc1)CCN(Cc1ccccc1)C2. The van der Waals surface area contributed by atoms with Crippen LogP contribution in [0.4, 0.5) is 0 Å². The summed E-state index contributed by atoms with van der Waals surface area (Å²) in [6.07, 6.45) is 0.864. The Bertz CT molecular complexity index is 948. The van der Waals surface area contributed by atoms with E-state index in [9.17, 15) is 4.79 Å². The van der Waals surface area contributed by atoms with Crippen LogP contribution in [0.3, 0.4) is 0 Å². The largest absolute Gasteiger partial charge is 0.492 e. The maximum atomic E-state index is 12.7. The van der Waals surface area contributed by atoms with Gasteiger partial charge in [-0.1, -0.05) is 41.9 Å². The lowest BCUT2D eigenvalue weighted by Crippen LogP contribution is -2.32. The van der Waals surface area contributed by atoms with Gasteiger partial charge in [0, 0.05) is 36.8 Å². The minimum atomic E-state index is 0.0578. The number of hydrogen-bond donors (Lipinski definition) is 1. The molecule has 0 saturated carbocycles. The van der Waals surface area contributed by atoms with Crippen molar-refractivity contribution in [1.82, 2.24) is 14.7 Å². The number of nitrogens with zero attached hydrogens (tertiary/aromatic N) is 2. The van der Waals surface area contributed by atoms with Crippen LogP contribution in [-0.2, 0) is 26.1 Å². The Kier molecular flexibility index (Phi) is 5.32. The van der Waals surface area contributed by atoms with Gasteiger partial charge in [-0.15, -0.1) is 0 Å². The highest BCUT2D eigenvalue weighted by molar-refractivity contribution is 6.30. The number of aromatic nitrogens is 2. The molecule has 0 spiro atoms. The summed E-state index contributed by atoms with van der Waals surface area (Å²) in [7, 11) is 0. The van der Waals surface area contributed by atoms with Crippen molar-refractivity contribution < 1.29 is 4.74 Å². The Morgan fingerprint density at radius 3 is 2.63 bits per heavy atom. The molecule has 4 rings (SSSR count). The maximum Gasteiger partial charge on any atom is 0.271 e. The highest BCUT2D eigenvalue weighted by Crippen LogP contribution is 2.17. The first-order chi connectivity index (χ1) is 13.2. The molecule has 1 aromatic heterocycles. The van der Waals surface area contributed by atoms with Crippen LogP contribution in [0.2, 0.25) is 5.02 Å².